The third-order valence-corrected chi connectivity index (χ3v) is 4.86. The third-order valence-electron chi connectivity index (χ3n) is 3.05. The molecule has 0 heterocycles. The lowest BCUT2D eigenvalue weighted by Crippen LogP contribution is -2.34. The molecule has 2 atom stereocenters. The number of hydrogen-bond acceptors (Lipinski definition) is 4. The number of nitrogens with two attached hydrogens (primary N) is 1. The van der Waals surface area contributed by atoms with Crippen LogP contribution in [0.25, 0.3) is 11.1 Å². The molecule has 2 rings (SSSR count). The molecule has 2 aromatic rings. The number of carboxylic acids is 1. The minimum Gasteiger partial charge on any atom is -0.480 e. The van der Waals surface area contributed by atoms with E-state index in [4.69, 9.17) is 10.2 Å². The molecule has 2 aromatic carbocycles. The van der Waals surface area contributed by atoms with Crippen LogP contribution in [0.3, 0.4) is 0 Å². The molecule has 0 fully saturated rings. The van der Waals surface area contributed by atoms with E-state index in [1.165, 1.54) is 18.9 Å². The van der Waals surface area contributed by atoms with Gasteiger partial charge in [-0.3, -0.25) is 9.93 Å². The van der Waals surface area contributed by atoms with Crippen LogP contribution in [0.5, 0.6) is 0 Å². The lowest BCUT2D eigenvalue weighted by Gasteiger charge is -2.09. The van der Waals surface area contributed by atoms with Crippen LogP contribution in [0.2, 0.25) is 0 Å². The van der Waals surface area contributed by atoms with E-state index in [-0.39, 0.29) is 0 Å². The zero-order valence-corrected chi connectivity index (χ0v) is 13.5. The summed E-state index contributed by atoms with van der Waals surface area (Å²) in [6.45, 7) is 1.45. The number of carboxylic acid groups (broad SMARTS) is 1. The van der Waals surface area contributed by atoms with Crippen molar-refractivity contribution in [2.24, 2.45) is 5.14 Å². The highest BCUT2D eigenvalue weighted by Gasteiger charge is 2.14. The maximum atomic E-state index is 12.0. The highest BCUT2D eigenvalue weighted by molar-refractivity contribution is 7.97. The molecule has 2 unspecified atom stereocenters. The van der Waals surface area contributed by atoms with Gasteiger partial charge >= 0.3 is 5.97 Å². The zero-order chi connectivity index (χ0) is 16.1. The molecule has 22 heavy (non-hydrogen) atoms. The van der Waals surface area contributed by atoms with Crippen molar-refractivity contribution in [1.82, 2.24) is 4.72 Å². The maximum absolute atomic E-state index is 12.0. The Labute approximate surface area is 135 Å². The van der Waals surface area contributed by atoms with Gasteiger partial charge in [0, 0.05) is 4.90 Å². The number of rotatable bonds is 6. The first-order valence-electron chi connectivity index (χ1n) is 6.49. The smallest absolute Gasteiger partial charge is 0.321 e. The fourth-order valence-electron chi connectivity index (χ4n) is 1.78. The highest BCUT2D eigenvalue weighted by atomic mass is 32.2. The first-order chi connectivity index (χ1) is 10.5. The van der Waals surface area contributed by atoms with E-state index in [0.29, 0.717) is 4.90 Å². The average Bonchev–Trinajstić information content (AvgIpc) is 2.55. The summed E-state index contributed by atoms with van der Waals surface area (Å²) in [6, 6.07) is 14.1. The van der Waals surface area contributed by atoms with E-state index in [9.17, 15) is 9.00 Å². The van der Waals surface area contributed by atoms with Crippen LogP contribution < -0.4 is 9.86 Å². The van der Waals surface area contributed by atoms with Gasteiger partial charge in [0.25, 0.3) is 0 Å². The lowest BCUT2D eigenvalue weighted by atomic mass is 10.1. The summed E-state index contributed by atoms with van der Waals surface area (Å²) in [5, 5.41) is 14.3. The van der Waals surface area contributed by atoms with Gasteiger partial charge in [0.1, 0.15) is 17.0 Å². The van der Waals surface area contributed by atoms with Gasteiger partial charge in [0.2, 0.25) is 0 Å². The molecule has 0 radical (unpaired) electrons. The molecule has 0 saturated carbocycles. The molecule has 4 N–H and O–H groups in total. The highest BCUT2D eigenvalue weighted by Crippen LogP contribution is 2.23. The molecular weight excluding hydrogens is 320 g/mol. The topological polar surface area (TPSA) is 92.4 Å². The fourth-order valence-corrected chi connectivity index (χ4v) is 3.01. The number of hydrogen-bond donors (Lipinski definition) is 3. The van der Waals surface area contributed by atoms with Gasteiger partial charge < -0.3 is 5.11 Å². The van der Waals surface area contributed by atoms with Crippen molar-refractivity contribution in [3.63, 3.8) is 0 Å². The quantitative estimate of drug-likeness (QED) is 0.705. The Morgan fingerprint density at radius 1 is 1.14 bits per heavy atom. The molecule has 0 bridgehead atoms. The van der Waals surface area contributed by atoms with Crippen molar-refractivity contribution < 1.29 is 14.1 Å². The van der Waals surface area contributed by atoms with Gasteiger partial charge in [-0.2, -0.15) is 0 Å². The zero-order valence-electron chi connectivity index (χ0n) is 11.9. The van der Waals surface area contributed by atoms with Crippen LogP contribution in [0.4, 0.5) is 0 Å². The monoisotopic (exact) mass is 336 g/mol. The molecule has 0 spiro atoms. The maximum Gasteiger partial charge on any atom is 0.321 e. The second-order valence-corrected chi connectivity index (χ2v) is 6.56. The van der Waals surface area contributed by atoms with Crippen molar-refractivity contribution in [2.45, 2.75) is 22.8 Å². The summed E-state index contributed by atoms with van der Waals surface area (Å²) >= 11 is 1.19. The predicted octanol–water partition coefficient (Wildman–Crippen LogP) is 2.40. The lowest BCUT2D eigenvalue weighted by molar-refractivity contribution is -0.138. The summed E-state index contributed by atoms with van der Waals surface area (Å²) in [5.41, 5.74) is 2.02. The van der Waals surface area contributed by atoms with Crippen LogP contribution in [0.15, 0.2) is 58.3 Å². The largest absolute Gasteiger partial charge is 0.480 e. The Balaban J connectivity index is 2.12. The van der Waals surface area contributed by atoms with Gasteiger partial charge in [-0.1, -0.05) is 24.3 Å². The fraction of sp³-hybridized carbons (Fsp3) is 0.133. The van der Waals surface area contributed by atoms with Crippen LogP contribution in [0.1, 0.15) is 6.92 Å². The summed E-state index contributed by atoms with van der Waals surface area (Å²) in [7, 11) is -1.55. The molecule has 0 saturated heterocycles. The van der Waals surface area contributed by atoms with E-state index in [1.54, 1.807) is 12.1 Å². The van der Waals surface area contributed by atoms with Crippen molar-refractivity contribution in [1.29, 1.82) is 0 Å². The molecular formula is C15H16N2O3S2. The van der Waals surface area contributed by atoms with Crippen LogP contribution in [-0.2, 0) is 15.8 Å². The number of carbonyl (C=O) groups is 1. The van der Waals surface area contributed by atoms with E-state index < -0.39 is 23.0 Å². The van der Waals surface area contributed by atoms with Crippen LogP contribution >= 0.6 is 11.9 Å². The van der Waals surface area contributed by atoms with Crippen LogP contribution in [0, 0.1) is 0 Å². The minimum atomic E-state index is -1.55. The predicted molar refractivity (Wildman–Crippen MR) is 88.6 cm³/mol. The summed E-state index contributed by atoms with van der Waals surface area (Å²) in [6.07, 6.45) is 0. The molecule has 0 aliphatic heterocycles. The second kappa shape index (κ2) is 7.55. The van der Waals surface area contributed by atoms with E-state index in [1.807, 2.05) is 36.4 Å². The number of benzene rings is 2. The van der Waals surface area contributed by atoms with Crippen LogP contribution in [-0.4, -0.2) is 21.3 Å². The van der Waals surface area contributed by atoms with Crippen molar-refractivity contribution in [2.75, 3.05) is 0 Å². The first-order valence-corrected chi connectivity index (χ1v) is 8.52. The minimum absolute atomic E-state index is 0.533. The third kappa shape index (κ3) is 4.17. The van der Waals surface area contributed by atoms with E-state index >= 15 is 0 Å². The normalized spacial score (nSPS) is 13.5. The summed E-state index contributed by atoms with van der Waals surface area (Å²) in [5.74, 6) is -1.04. The Morgan fingerprint density at radius 2 is 1.64 bits per heavy atom. The Hall–Kier alpha value is -1.67. The second-order valence-electron chi connectivity index (χ2n) is 4.61. The van der Waals surface area contributed by atoms with Crippen molar-refractivity contribution in [3.8, 4) is 11.1 Å². The van der Waals surface area contributed by atoms with Gasteiger partial charge in [0.05, 0.1) is 4.90 Å². The summed E-state index contributed by atoms with van der Waals surface area (Å²) < 4.78 is 14.5. The molecule has 0 aliphatic carbocycles. The van der Waals surface area contributed by atoms with Gasteiger partial charge in [-0.15, -0.1) is 0 Å². The SMILES string of the molecule is CC(NS(=O)c1ccc(-c2ccc(SN)cc2)cc1)C(=O)O. The van der Waals surface area contributed by atoms with E-state index in [0.717, 1.165) is 16.0 Å². The molecule has 0 amide bonds. The van der Waals surface area contributed by atoms with Gasteiger partial charge in [-0.25, -0.2) is 8.93 Å². The molecule has 116 valence electrons. The van der Waals surface area contributed by atoms with Gasteiger partial charge in [0.15, 0.2) is 0 Å². The first kappa shape index (κ1) is 16.7. The molecule has 5 nitrogen and oxygen atoms in total. The van der Waals surface area contributed by atoms with E-state index in [2.05, 4.69) is 4.72 Å². The summed E-state index contributed by atoms with van der Waals surface area (Å²) in [4.78, 5) is 12.3. The standard InChI is InChI=1S/C15H16N2O3S2/c1-10(15(18)19)17-22(20)14-8-4-12(5-9-14)11-2-6-13(21-16)7-3-11/h2-10,17H,16H2,1H3,(H,18,19). The molecule has 0 aromatic heterocycles. The number of nitrogens with one attached hydrogen (secondary N) is 1. The Kier molecular flexibility index (Phi) is 5.73. The van der Waals surface area contributed by atoms with Gasteiger partial charge in [-0.05, 0) is 54.3 Å². The van der Waals surface area contributed by atoms with Crippen molar-refractivity contribution >= 4 is 28.9 Å². The molecule has 0 aliphatic rings. The average molecular weight is 336 g/mol. The number of aliphatic carboxylic acids is 1. The molecule has 7 heteroatoms. The Morgan fingerprint density at radius 3 is 2.09 bits per heavy atom. The Bertz CT molecular complexity index is 672. The van der Waals surface area contributed by atoms with Crippen molar-refractivity contribution in [3.05, 3.63) is 48.5 Å².